The standard InChI is InChI=1S/C10H15N5O4/c1-3-15-8(7(11)5(2)14-15)9(17)19-4-6(16)13-10(12)18/h3-4,11H2,1-2H3,(H3,12,13,16,18). The molecule has 9 nitrogen and oxygen atoms in total. The summed E-state index contributed by atoms with van der Waals surface area (Å²) in [6.07, 6.45) is 0. The number of carbonyl (C=O) groups is 3. The minimum absolute atomic E-state index is 0.0758. The van der Waals surface area contributed by atoms with Gasteiger partial charge in [0.05, 0.1) is 11.4 Å². The maximum absolute atomic E-state index is 11.8. The van der Waals surface area contributed by atoms with Crippen molar-refractivity contribution in [2.75, 3.05) is 12.3 Å². The van der Waals surface area contributed by atoms with Gasteiger partial charge in [-0.1, -0.05) is 0 Å². The van der Waals surface area contributed by atoms with Crippen LogP contribution < -0.4 is 16.8 Å². The number of ether oxygens (including phenoxy) is 1. The first-order chi connectivity index (χ1) is 8.86. The molecule has 9 heteroatoms. The molecule has 104 valence electrons. The van der Waals surface area contributed by atoms with Crippen molar-refractivity contribution in [2.45, 2.75) is 20.4 Å². The van der Waals surface area contributed by atoms with Crippen LogP contribution in [0.2, 0.25) is 0 Å². The van der Waals surface area contributed by atoms with E-state index < -0.39 is 24.5 Å². The summed E-state index contributed by atoms with van der Waals surface area (Å²) in [6.45, 7) is 3.23. The molecule has 0 fully saturated rings. The molecule has 1 heterocycles. The first-order valence-electron chi connectivity index (χ1n) is 5.46. The lowest BCUT2D eigenvalue weighted by Crippen LogP contribution is -2.37. The van der Waals surface area contributed by atoms with Gasteiger partial charge in [0, 0.05) is 6.54 Å². The zero-order chi connectivity index (χ0) is 14.6. The lowest BCUT2D eigenvalue weighted by molar-refractivity contribution is -0.123. The molecule has 0 aliphatic heterocycles. The summed E-state index contributed by atoms with van der Waals surface area (Å²) in [5.74, 6) is -1.61. The number of nitrogens with zero attached hydrogens (tertiary/aromatic N) is 2. The molecule has 0 aliphatic carbocycles. The van der Waals surface area contributed by atoms with E-state index in [1.807, 2.05) is 0 Å². The molecule has 0 spiro atoms. The molecule has 5 N–H and O–H groups in total. The highest BCUT2D eigenvalue weighted by Gasteiger charge is 2.21. The second kappa shape index (κ2) is 5.85. The van der Waals surface area contributed by atoms with Gasteiger partial charge in [-0.15, -0.1) is 0 Å². The van der Waals surface area contributed by atoms with Gasteiger partial charge >= 0.3 is 12.0 Å². The maximum atomic E-state index is 11.8. The van der Waals surface area contributed by atoms with E-state index in [0.717, 1.165) is 0 Å². The van der Waals surface area contributed by atoms with Crippen LogP contribution in [0.3, 0.4) is 0 Å². The van der Waals surface area contributed by atoms with Crippen LogP contribution >= 0.6 is 0 Å². The molecule has 0 radical (unpaired) electrons. The smallest absolute Gasteiger partial charge is 0.359 e. The number of esters is 1. The second-order valence-corrected chi connectivity index (χ2v) is 3.65. The summed E-state index contributed by atoms with van der Waals surface area (Å²) in [5.41, 5.74) is 11.2. The van der Waals surface area contributed by atoms with E-state index >= 15 is 0 Å². The Morgan fingerprint density at radius 2 is 2.05 bits per heavy atom. The summed E-state index contributed by atoms with van der Waals surface area (Å²) >= 11 is 0. The zero-order valence-corrected chi connectivity index (χ0v) is 10.6. The third-order valence-corrected chi connectivity index (χ3v) is 2.26. The molecule has 0 aromatic carbocycles. The largest absolute Gasteiger partial charge is 0.451 e. The second-order valence-electron chi connectivity index (χ2n) is 3.65. The van der Waals surface area contributed by atoms with Crippen molar-refractivity contribution in [2.24, 2.45) is 5.73 Å². The molecule has 1 aromatic heterocycles. The predicted octanol–water partition coefficient (Wildman–Crippen LogP) is -0.855. The predicted molar refractivity (Wildman–Crippen MR) is 65.1 cm³/mol. The van der Waals surface area contributed by atoms with E-state index in [4.69, 9.17) is 16.2 Å². The van der Waals surface area contributed by atoms with Crippen LogP contribution in [0.25, 0.3) is 0 Å². The number of amides is 3. The molecule has 0 saturated carbocycles. The highest BCUT2D eigenvalue weighted by Crippen LogP contribution is 2.17. The van der Waals surface area contributed by atoms with Crippen LogP contribution in [0, 0.1) is 6.92 Å². The van der Waals surface area contributed by atoms with Gasteiger partial charge in [0.1, 0.15) is 0 Å². The Kier molecular flexibility index (Phi) is 4.46. The summed E-state index contributed by atoms with van der Waals surface area (Å²) in [7, 11) is 0. The van der Waals surface area contributed by atoms with Crippen LogP contribution in [-0.2, 0) is 16.1 Å². The normalized spacial score (nSPS) is 10.0. The Hall–Kier alpha value is -2.58. The van der Waals surface area contributed by atoms with Gasteiger partial charge in [-0.3, -0.25) is 14.8 Å². The Balaban J connectivity index is 2.74. The summed E-state index contributed by atoms with van der Waals surface area (Å²) in [5, 5.41) is 5.81. The van der Waals surface area contributed by atoms with E-state index in [1.165, 1.54) is 4.68 Å². The summed E-state index contributed by atoms with van der Waals surface area (Å²) < 4.78 is 6.10. The summed E-state index contributed by atoms with van der Waals surface area (Å²) in [6, 6.07) is -1.02. The SMILES string of the molecule is CCn1nc(C)c(N)c1C(=O)OCC(=O)NC(N)=O. The number of nitrogens with two attached hydrogens (primary N) is 2. The highest BCUT2D eigenvalue weighted by atomic mass is 16.5. The minimum Gasteiger partial charge on any atom is -0.451 e. The van der Waals surface area contributed by atoms with Gasteiger partial charge in [-0.05, 0) is 13.8 Å². The number of aromatic nitrogens is 2. The van der Waals surface area contributed by atoms with E-state index in [9.17, 15) is 14.4 Å². The number of hydrogen-bond acceptors (Lipinski definition) is 6. The number of anilines is 1. The van der Waals surface area contributed by atoms with Gasteiger partial charge in [-0.25, -0.2) is 9.59 Å². The van der Waals surface area contributed by atoms with Gasteiger partial charge in [0.25, 0.3) is 5.91 Å². The van der Waals surface area contributed by atoms with Gasteiger partial charge in [0.15, 0.2) is 12.3 Å². The van der Waals surface area contributed by atoms with Crippen LogP contribution in [0.15, 0.2) is 0 Å². The van der Waals surface area contributed by atoms with Gasteiger partial charge in [-0.2, -0.15) is 5.10 Å². The van der Waals surface area contributed by atoms with Crippen LogP contribution in [-0.4, -0.2) is 34.3 Å². The quantitative estimate of drug-likeness (QED) is 0.607. The molecular weight excluding hydrogens is 254 g/mol. The number of carbonyl (C=O) groups excluding carboxylic acids is 3. The van der Waals surface area contributed by atoms with Crippen LogP contribution in [0.5, 0.6) is 0 Å². The van der Waals surface area contributed by atoms with Gasteiger partial charge < -0.3 is 16.2 Å². The molecule has 0 bridgehead atoms. The van der Waals surface area contributed by atoms with Crippen molar-refractivity contribution in [3.8, 4) is 0 Å². The Morgan fingerprint density at radius 3 is 2.58 bits per heavy atom. The van der Waals surface area contributed by atoms with Crippen molar-refractivity contribution < 1.29 is 19.1 Å². The average molecular weight is 269 g/mol. The average Bonchev–Trinajstić information content (AvgIpc) is 2.61. The van der Waals surface area contributed by atoms with E-state index in [2.05, 4.69) is 5.10 Å². The van der Waals surface area contributed by atoms with E-state index in [0.29, 0.717) is 12.2 Å². The number of rotatable bonds is 4. The van der Waals surface area contributed by atoms with E-state index in [1.54, 1.807) is 19.2 Å². The monoisotopic (exact) mass is 269 g/mol. The number of aryl methyl sites for hydroxylation is 2. The molecule has 3 amide bonds. The van der Waals surface area contributed by atoms with Crippen LogP contribution in [0.4, 0.5) is 10.5 Å². The van der Waals surface area contributed by atoms with E-state index in [-0.39, 0.29) is 11.4 Å². The lowest BCUT2D eigenvalue weighted by Gasteiger charge is -2.06. The third kappa shape index (κ3) is 3.44. The molecule has 19 heavy (non-hydrogen) atoms. The van der Waals surface area contributed by atoms with Crippen molar-refractivity contribution in [1.29, 1.82) is 0 Å². The topological polar surface area (TPSA) is 142 Å². The fraction of sp³-hybridized carbons (Fsp3) is 0.400. The number of nitrogen functional groups attached to an aromatic ring is 1. The number of imide groups is 1. The van der Waals surface area contributed by atoms with Gasteiger partial charge in [0.2, 0.25) is 0 Å². The third-order valence-electron chi connectivity index (χ3n) is 2.26. The highest BCUT2D eigenvalue weighted by molar-refractivity contribution is 5.97. The number of urea groups is 1. The number of nitrogens with one attached hydrogen (secondary N) is 1. The Bertz CT molecular complexity index is 522. The van der Waals surface area contributed by atoms with Crippen molar-refractivity contribution >= 4 is 23.6 Å². The van der Waals surface area contributed by atoms with Crippen molar-refractivity contribution in [3.63, 3.8) is 0 Å². The van der Waals surface area contributed by atoms with Crippen LogP contribution in [0.1, 0.15) is 23.1 Å². The molecule has 0 saturated heterocycles. The first-order valence-corrected chi connectivity index (χ1v) is 5.46. The molecule has 1 aromatic rings. The lowest BCUT2D eigenvalue weighted by atomic mass is 10.3. The fourth-order valence-corrected chi connectivity index (χ4v) is 1.41. The number of primary amides is 1. The maximum Gasteiger partial charge on any atom is 0.359 e. The molecular formula is C10H15N5O4. The number of hydrogen-bond donors (Lipinski definition) is 3. The minimum atomic E-state index is -1.02. The van der Waals surface area contributed by atoms with Crippen molar-refractivity contribution in [1.82, 2.24) is 15.1 Å². The first kappa shape index (κ1) is 14.5. The molecule has 0 unspecified atom stereocenters. The summed E-state index contributed by atoms with van der Waals surface area (Å²) in [4.78, 5) is 33.3. The molecule has 0 atom stereocenters. The molecule has 1 rings (SSSR count). The zero-order valence-electron chi connectivity index (χ0n) is 10.6. The van der Waals surface area contributed by atoms with Crippen molar-refractivity contribution in [3.05, 3.63) is 11.4 Å². The molecule has 0 aliphatic rings. The Morgan fingerprint density at radius 1 is 1.42 bits per heavy atom. The fourth-order valence-electron chi connectivity index (χ4n) is 1.41. The Labute approximate surface area is 108 Å².